The lowest BCUT2D eigenvalue weighted by molar-refractivity contribution is -0.121. The number of hydrogen-bond acceptors (Lipinski definition) is 4. The van der Waals surface area contributed by atoms with Gasteiger partial charge in [0.2, 0.25) is 5.91 Å². The Balaban J connectivity index is 1.15. The van der Waals surface area contributed by atoms with E-state index in [2.05, 4.69) is 60.4 Å². The van der Waals surface area contributed by atoms with Gasteiger partial charge in [-0.2, -0.15) is 5.10 Å². The lowest BCUT2D eigenvalue weighted by Gasteiger charge is -2.35. The Kier molecular flexibility index (Phi) is 8.64. The van der Waals surface area contributed by atoms with Gasteiger partial charge in [0.25, 0.3) is 5.91 Å². The number of nitrogens with zero attached hydrogens (tertiary/aromatic N) is 4. The maximum Gasteiger partial charge on any atom is 0.253 e. The zero-order chi connectivity index (χ0) is 29.1. The van der Waals surface area contributed by atoms with E-state index in [9.17, 15) is 9.59 Å². The van der Waals surface area contributed by atoms with Crippen molar-refractivity contribution in [1.29, 1.82) is 0 Å². The van der Waals surface area contributed by atoms with Crippen LogP contribution in [0.3, 0.4) is 0 Å². The van der Waals surface area contributed by atoms with Crippen molar-refractivity contribution in [3.05, 3.63) is 71.5 Å². The molecule has 0 spiro atoms. The molecule has 0 saturated carbocycles. The Morgan fingerprint density at radius 2 is 1.61 bits per heavy atom. The van der Waals surface area contributed by atoms with Crippen LogP contribution in [0.1, 0.15) is 73.9 Å². The van der Waals surface area contributed by atoms with Gasteiger partial charge in [0.15, 0.2) is 0 Å². The molecule has 218 valence electrons. The molecule has 2 saturated heterocycles. The first-order chi connectivity index (χ1) is 19.6. The highest BCUT2D eigenvalue weighted by atomic mass is 16.2. The number of benzene rings is 2. The van der Waals surface area contributed by atoms with E-state index in [1.54, 1.807) is 0 Å². The quantitative estimate of drug-likeness (QED) is 0.398. The van der Waals surface area contributed by atoms with Crippen LogP contribution in [-0.2, 0) is 11.8 Å². The fourth-order valence-corrected chi connectivity index (χ4v) is 6.27. The van der Waals surface area contributed by atoms with Crippen molar-refractivity contribution >= 4 is 17.5 Å². The van der Waals surface area contributed by atoms with Gasteiger partial charge >= 0.3 is 0 Å². The zero-order valence-corrected chi connectivity index (χ0v) is 25.3. The van der Waals surface area contributed by atoms with Crippen LogP contribution < -0.4 is 5.32 Å². The molecule has 2 fully saturated rings. The first-order valence-corrected chi connectivity index (χ1v) is 15.1. The average Bonchev–Trinajstić information content (AvgIpc) is 3.39. The molecule has 1 aromatic heterocycles. The predicted octanol–water partition coefficient (Wildman–Crippen LogP) is 6.11. The van der Waals surface area contributed by atoms with Gasteiger partial charge in [-0.25, -0.2) is 0 Å². The maximum atomic E-state index is 13.4. The third kappa shape index (κ3) is 7.25. The molecule has 0 aliphatic carbocycles. The summed E-state index contributed by atoms with van der Waals surface area (Å²) < 4.78 is 1.82. The molecule has 41 heavy (non-hydrogen) atoms. The predicted molar refractivity (Wildman–Crippen MR) is 165 cm³/mol. The van der Waals surface area contributed by atoms with Gasteiger partial charge in [0.1, 0.15) is 0 Å². The fourth-order valence-electron chi connectivity index (χ4n) is 6.27. The van der Waals surface area contributed by atoms with E-state index in [1.807, 2.05) is 54.1 Å². The molecule has 2 aliphatic rings. The van der Waals surface area contributed by atoms with Crippen LogP contribution in [0.15, 0.2) is 54.9 Å². The molecule has 0 radical (unpaired) electrons. The topological polar surface area (TPSA) is 70.5 Å². The van der Waals surface area contributed by atoms with Crippen LogP contribution in [0, 0.1) is 18.3 Å². The molecule has 0 unspecified atom stereocenters. The number of aromatic nitrogens is 2. The first kappa shape index (κ1) is 29.1. The number of nitrogens with one attached hydrogen (secondary N) is 1. The van der Waals surface area contributed by atoms with E-state index in [4.69, 9.17) is 0 Å². The monoisotopic (exact) mass is 555 g/mol. The van der Waals surface area contributed by atoms with E-state index in [0.29, 0.717) is 11.5 Å². The van der Waals surface area contributed by atoms with Gasteiger partial charge in [-0.05, 0) is 85.9 Å². The second-order valence-electron chi connectivity index (χ2n) is 13.2. The third-order valence-electron chi connectivity index (χ3n) is 8.60. The Hall–Kier alpha value is -3.45. The van der Waals surface area contributed by atoms with Gasteiger partial charge in [-0.1, -0.05) is 51.1 Å². The number of rotatable bonds is 6. The van der Waals surface area contributed by atoms with Gasteiger partial charge in [-0.3, -0.25) is 14.3 Å². The standard InChI is InChI=1S/C34H45N5O2/c1-24-6-7-29(20-31(24)36-32(40)28-12-16-38(17-13-28)23-34(2,3)4)33(41)39-18-14-27(15-19-39)25-8-10-26(11-9-25)30-21-35-37(5)22-30/h6-11,20-22,27-28H,12-19,23H2,1-5H3,(H,36,40). The van der Waals surface area contributed by atoms with E-state index in [0.717, 1.165) is 75.2 Å². The lowest BCUT2D eigenvalue weighted by Crippen LogP contribution is -2.41. The Bertz CT molecular complexity index is 1350. The van der Waals surface area contributed by atoms with Gasteiger partial charge in [0, 0.05) is 55.6 Å². The number of amides is 2. The van der Waals surface area contributed by atoms with Crippen LogP contribution in [-0.4, -0.2) is 64.1 Å². The van der Waals surface area contributed by atoms with Crippen LogP contribution in [0.5, 0.6) is 0 Å². The van der Waals surface area contributed by atoms with Crippen molar-refractivity contribution in [3.63, 3.8) is 0 Å². The number of likely N-dealkylation sites (tertiary alicyclic amines) is 2. The van der Waals surface area contributed by atoms with Crippen molar-refractivity contribution in [2.24, 2.45) is 18.4 Å². The molecule has 0 atom stereocenters. The molecule has 2 aliphatic heterocycles. The van der Waals surface area contributed by atoms with Crippen molar-refractivity contribution < 1.29 is 9.59 Å². The number of carbonyl (C=O) groups excluding carboxylic acids is 2. The molecule has 5 rings (SSSR count). The molecule has 1 N–H and O–H groups in total. The van der Waals surface area contributed by atoms with Gasteiger partial charge in [-0.15, -0.1) is 0 Å². The Morgan fingerprint density at radius 1 is 0.927 bits per heavy atom. The van der Waals surface area contributed by atoms with Gasteiger partial charge in [0.05, 0.1) is 6.20 Å². The number of anilines is 1. The van der Waals surface area contributed by atoms with E-state index >= 15 is 0 Å². The zero-order valence-electron chi connectivity index (χ0n) is 25.3. The molecular formula is C34H45N5O2. The highest BCUT2D eigenvalue weighted by Crippen LogP contribution is 2.31. The van der Waals surface area contributed by atoms with Gasteiger partial charge < -0.3 is 15.1 Å². The van der Waals surface area contributed by atoms with E-state index < -0.39 is 0 Å². The molecular weight excluding hydrogens is 510 g/mol. The van der Waals surface area contributed by atoms with Crippen LogP contribution >= 0.6 is 0 Å². The summed E-state index contributed by atoms with van der Waals surface area (Å²) in [7, 11) is 1.93. The van der Waals surface area contributed by atoms with E-state index in [-0.39, 0.29) is 23.1 Å². The maximum absolute atomic E-state index is 13.4. The molecule has 3 heterocycles. The number of carbonyl (C=O) groups is 2. The summed E-state index contributed by atoms with van der Waals surface area (Å²) in [6.07, 6.45) is 7.56. The SMILES string of the molecule is Cc1ccc(C(=O)N2CCC(c3ccc(-c4cnn(C)c4)cc3)CC2)cc1NC(=O)C1CCN(CC(C)(C)C)CC1. The Morgan fingerprint density at radius 3 is 2.22 bits per heavy atom. The minimum absolute atomic E-state index is 0.0161. The summed E-state index contributed by atoms with van der Waals surface area (Å²) in [5, 5.41) is 7.42. The molecule has 2 aromatic carbocycles. The number of piperidine rings is 2. The smallest absolute Gasteiger partial charge is 0.253 e. The normalized spacial score (nSPS) is 17.5. The van der Waals surface area contributed by atoms with Crippen molar-refractivity contribution in [2.75, 3.05) is 38.0 Å². The summed E-state index contributed by atoms with van der Waals surface area (Å²) >= 11 is 0. The van der Waals surface area contributed by atoms with Crippen LogP contribution in [0.25, 0.3) is 11.1 Å². The van der Waals surface area contributed by atoms with Crippen LogP contribution in [0.2, 0.25) is 0 Å². The average molecular weight is 556 g/mol. The Labute approximate surface area is 244 Å². The van der Waals surface area contributed by atoms with Crippen molar-refractivity contribution in [2.45, 2.75) is 59.3 Å². The molecule has 7 nitrogen and oxygen atoms in total. The van der Waals surface area contributed by atoms with Crippen LogP contribution in [0.4, 0.5) is 5.69 Å². The first-order valence-electron chi connectivity index (χ1n) is 15.1. The highest BCUT2D eigenvalue weighted by Gasteiger charge is 2.28. The third-order valence-corrected chi connectivity index (χ3v) is 8.60. The lowest BCUT2D eigenvalue weighted by atomic mass is 9.88. The van der Waals surface area contributed by atoms with E-state index in [1.165, 1.54) is 11.1 Å². The summed E-state index contributed by atoms with van der Waals surface area (Å²) in [5.41, 5.74) is 6.26. The molecule has 0 bridgehead atoms. The van der Waals surface area contributed by atoms with Crippen molar-refractivity contribution in [3.8, 4) is 11.1 Å². The fraction of sp³-hybridized carbons (Fsp3) is 0.500. The minimum atomic E-state index is 0.0161. The minimum Gasteiger partial charge on any atom is -0.339 e. The summed E-state index contributed by atoms with van der Waals surface area (Å²) in [6, 6.07) is 14.5. The largest absolute Gasteiger partial charge is 0.339 e. The number of hydrogen-bond donors (Lipinski definition) is 1. The molecule has 3 aromatic rings. The summed E-state index contributed by atoms with van der Waals surface area (Å²) in [4.78, 5) is 31.0. The second kappa shape index (κ2) is 12.2. The molecule has 2 amide bonds. The second-order valence-corrected chi connectivity index (χ2v) is 13.2. The summed E-state index contributed by atoms with van der Waals surface area (Å²) in [6.45, 7) is 13.2. The summed E-state index contributed by atoms with van der Waals surface area (Å²) in [5.74, 6) is 0.581. The highest BCUT2D eigenvalue weighted by molar-refractivity contribution is 5.98. The number of aryl methyl sites for hydroxylation is 2. The molecule has 7 heteroatoms. The van der Waals surface area contributed by atoms with Crippen molar-refractivity contribution in [1.82, 2.24) is 19.6 Å².